The molecule has 0 atom stereocenters. The van der Waals surface area contributed by atoms with Crippen molar-refractivity contribution in [3.63, 3.8) is 0 Å². The number of phenolic OH excluding ortho intramolecular Hbond substituents is 1. The molecule has 0 radical (unpaired) electrons. The second-order valence-corrected chi connectivity index (χ2v) is 4.99. The van der Waals surface area contributed by atoms with Crippen LogP contribution in [0.2, 0.25) is 5.02 Å². The number of aryl methyl sites for hydroxylation is 2. The lowest BCUT2D eigenvalue weighted by atomic mass is 10.1. The highest BCUT2D eigenvalue weighted by atomic mass is 35.5. The summed E-state index contributed by atoms with van der Waals surface area (Å²) in [6.07, 6.45) is 0. The summed E-state index contributed by atoms with van der Waals surface area (Å²) >= 11 is 5.70. The van der Waals surface area contributed by atoms with Crippen LogP contribution in [0.25, 0.3) is 0 Å². The Hall–Kier alpha value is -1.74. The highest BCUT2D eigenvalue weighted by Crippen LogP contribution is 2.24. The summed E-state index contributed by atoms with van der Waals surface area (Å²) in [4.78, 5) is 0. The summed E-state index contributed by atoms with van der Waals surface area (Å²) < 4.78 is 13.6. The molecule has 2 rings (SSSR count). The van der Waals surface area contributed by atoms with E-state index in [2.05, 4.69) is 5.32 Å². The van der Waals surface area contributed by atoms with Crippen LogP contribution >= 0.6 is 11.6 Å². The van der Waals surface area contributed by atoms with Crippen LogP contribution in [-0.2, 0) is 6.54 Å². The van der Waals surface area contributed by atoms with Crippen molar-refractivity contribution in [1.82, 2.24) is 0 Å². The quantitative estimate of drug-likeness (QED) is 0.872. The molecule has 0 aromatic heterocycles. The molecule has 2 nitrogen and oxygen atoms in total. The SMILES string of the molecule is Cc1cc(CNc2ccc(Cl)cc2F)cc(C)c1O. The van der Waals surface area contributed by atoms with E-state index in [1.807, 2.05) is 26.0 Å². The minimum atomic E-state index is -0.375. The maximum absolute atomic E-state index is 13.6. The molecule has 2 aromatic carbocycles. The van der Waals surface area contributed by atoms with Crippen LogP contribution in [0.1, 0.15) is 16.7 Å². The molecule has 0 unspecified atom stereocenters. The molecule has 0 amide bonds. The predicted molar refractivity (Wildman–Crippen MR) is 76.3 cm³/mol. The summed E-state index contributed by atoms with van der Waals surface area (Å²) in [5, 5.41) is 13.1. The van der Waals surface area contributed by atoms with Crippen molar-refractivity contribution in [3.05, 3.63) is 57.9 Å². The largest absolute Gasteiger partial charge is 0.507 e. The number of hydrogen-bond donors (Lipinski definition) is 2. The van der Waals surface area contributed by atoms with E-state index >= 15 is 0 Å². The first-order valence-corrected chi connectivity index (χ1v) is 6.33. The van der Waals surface area contributed by atoms with Crippen molar-refractivity contribution in [2.24, 2.45) is 0 Å². The second kappa shape index (κ2) is 5.49. The molecule has 0 heterocycles. The Bertz CT molecular complexity index is 590. The fourth-order valence-corrected chi connectivity index (χ4v) is 2.14. The average Bonchev–Trinajstić information content (AvgIpc) is 2.34. The molecule has 2 aromatic rings. The van der Waals surface area contributed by atoms with Crippen LogP contribution in [-0.4, -0.2) is 5.11 Å². The highest BCUT2D eigenvalue weighted by molar-refractivity contribution is 6.30. The Morgan fingerprint density at radius 3 is 2.37 bits per heavy atom. The molecule has 0 fully saturated rings. The smallest absolute Gasteiger partial charge is 0.147 e. The lowest BCUT2D eigenvalue weighted by Gasteiger charge is -2.11. The summed E-state index contributed by atoms with van der Waals surface area (Å²) in [5.41, 5.74) is 3.02. The van der Waals surface area contributed by atoms with Gasteiger partial charge in [0.25, 0.3) is 0 Å². The third kappa shape index (κ3) is 3.18. The van der Waals surface area contributed by atoms with Crippen LogP contribution in [0.5, 0.6) is 5.75 Å². The number of anilines is 1. The standard InChI is InChI=1S/C15H15ClFNO/c1-9-5-11(6-10(2)15(9)19)8-18-14-4-3-12(16)7-13(14)17/h3-7,18-19H,8H2,1-2H3. The van der Waals surface area contributed by atoms with Gasteiger partial charge in [0.15, 0.2) is 0 Å². The van der Waals surface area contributed by atoms with E-state index < -0.39 is 0 Å². The summed E-state index contributed by atoms with van der Waals surface area (Å²) in [7, 11) is 0. The van der Waals surface area contributed by atoms with Crippen molar-refractivity contribution in [1.29, 1.82) is 0 Å². The van der Waals surface area contributed by atoms with Gasteiger partial charge in [-0.25, -0.2) is 4.39 Å². The number of aromatic hydroxyl groups is 1. The minimum absolute atomic E-state index is 0.307. The molecule has 0 aliphatic heterocycles. The van der Waals surface area contributed by atoms with Crippen molar-refractivity contribution in [3.8, 4) is 5.75 Å². The molecule has 0 aliphatic carbocycles. The van der Waals surface area contributed by atoms with Gasteiger partial charge in [0.05, 0.1) is 5.69 Å². The fourth-order valence-electron chi connectivity index (χ4n) is 1.98. The number of benzene rings is 2. The molecule has 100 valence electrons. The van der Waals surface area contributed by atoms with Gasteiger partial charge in [-0.3, -0.25) is 0 Å². The molecule has 2 N–H and O–H groups in total. The van der Waals surface area contributed by atoms with Crippen LogP contribution in [0.4, 0.5) is 10.1 Å². The monoisotopic (exact) mass is 279 g/mol. The molecule has 0 saturated heterocycles. The summed E-state index contributed by atoms with van der Waals surface area (Å²) in [6.45, 7) is 4.17. The topological polar surface area (TPSA) is 32.3 Å². The first-order chi connectivity index (χ1) is 8.97. The van der Waals surface area contributed by atoms with Gasteiger partial charge >= 0.3 is 0 Å². The Morgan fingerprint density at radius 2 is 1.79 bits per heavy atom. The lowest BCUT2D eigenvalue weighted by Crippen LogP contribution is -2.02. The van der Waals surface area contributed by atoms with E-state index in [0.29, 0.717) is 23.0 Å². The maximum atomic E-state index is 13.6. The van der Waals surface area contributed by atoms with Gasteiger partial charge in [0, 0.05) is 11.6 Å². The maximum Gasteiger partial charge on any atom is 0.147 e. The van der Waals surface area contributed by atoms with E-state index in [1.54, 1.807) is 12.1 Å². The van der Waals surface area contributed by atoms with Crippen molar-refractivity contribution >= 4 is 17.3 Å². The third-order valence-corrected chi connectivity index (χ3v) is 3.20. The number of nitrogens with one attached hydrogen (secondary N) is 1. The first kappa shape index (κ1) is 13.7. The molecule has 19 heavy (non-hydrogen) atoms. The minimum Gasteiger partial charge on any atom is -0.507 e. The van der Waals surface area contributed by atoms with Gasteiger partial charge in [-0.2, -0.15) is 0 Å². The van der Waals surface area contributed by atoms with Gasteiger partial charge < -0.3 is 10.4 Å². The number of hydrogen-bond acceptors (Lipinski definition) is 2. The second-order valence-electron chi connectivity index (χ2n) is 4.56. The van der Waals surface area contributed by atoms with E-state index in [0.717, 1.165) is 16.7 Å². The Labute approximate surface area is 116 Å². The summed E-state index contributed by atoms with van der Waals surface area (Å²) in [6, 6.07) is 8.28. The van der Waals surface area contributed by atoms with E-state index in [-0.39, 0.29) is 5.82 Å². The molecule has 0 aliphatic rings. The van der Waals surface area contributed by atoms with Gasteiger partial charge in [-0.15, -0.1) is 0 Å². The molecule has 4 heteroatoms. The molecule has 0 bridgehead atoms. The van der Waals surface area contributed by atoms with Crippen molar-refractivity contribution in [2.75, 3.05) is 5.32 Å². The van der Waals surface area contributed by atoms with Gasteiger partial charge in [-0.05, 0) is 48.7 Å². The average molecular weight is 280 g/mol. The van der Waals surface area contributed by atoms with Crippen LogP contribution < -0.4 is 5.32 Å². The Kier molecular flexibility index (Phi) is 3.96. The van der Waals surface area contributed by atoms with Crippen LogP contribution in [0.15, 0.2) is 30.3 Å². The van der Waals surface area contributed by atoms with Crippen LogP contribution in [0.3, 0.4) is 0 Å². The zero-order chi connectivity index (χ0) is 14.0. The number of halogens is 2. The van der Waals surface area contributed by atoms with Gasteiger partial charge in [0.2, 0.25) is 0 Å². The number of rotatable bonds is 3. The zero-order valence-electron chi connectivity index (χ0n) is 10.8. The van der Waals surface area contributed by atoms with E-state index in [9.17, 15) is 9.50 Å². The fraction of sp³-hybridized carbons (Fsp3) is 0.200. The van der Waals surface area contributed by atoms with E-state index in [1.165, 1.54) is 6.07 Å². The van der Waals surface area contributed by atoms with Crippen molar-refractivity contribution in [2.45, 2.75) is 20.4 Å². The Morgan fingerprint density at radius 1 is 1.16 bits per heavy atom. The normalized spacial score (nSPS) is 10.5. The Balaban J connectivity index is 2.14. The predicted octanol–water partition coefficient (Wildman–Crippen LogP) is 4.41. The van der Waals surface area contributed by atoms with Gasteiger partial charge in [0.1, 0.15) is 11.6 Å². The molecular formula is C15H15ClFNO. The lowest BCUT2D eigenvalue weighted by molar-refractivity contribution is 0.466. The van der Waals surface area contributed by atoms with Gasteiger partial charge in [-0.1, -0.05) is 23.7 Å². The third-order valence-electron chi connectivity index (χ3n) is 2.96. The zero-order valence-corrected chi connectivity index (χ0v) is 11.6. The molecule has 0 spiro atoms. The number of phenols is 1. The first-order valence-electron chi connectivity index (χ1n) is 5.95. The van der Waals surface area contributed by atoms with E-state index in [4.69, 9.17) is 11.6 Å². The summed E-state index contributed by atoms with van der Waals surface area (Å²) in [5.74, 6) is -0.0684. The van der Waals surface area contributed by atoms with Crippen molar-refractivity contribution < 1.29 is 9.50 Å². The highest BCUT2D eigenvalue weighted by Gasteiger charge is 2.05. The molecule has 0 saturated carbocycles. The molecular weight excluding hydrogens is 265 g/mol. The van der Waals surface area contributed by atoms with Crippen LogP contribution in [0, 0.1) is 19.7 Å².